The lowest BCUT2D eigenvalue weighted by molar-refractivity contribution is 0.461. The lowest BCUT2D eigenvalue weighted by atomic mass is 9.96. The van der Waals surface area contributed by atoms with E-state index < -0.39 is 0 Å². The number of nitrogens with one attached hydrogen (secondary N) is 3. The number of nitrogens with zero attached hydrogens (tertiary/aromatic N) is 3. The Morgan fingerprint density at radius 3 is 2.43 bits per heavy atom. The molecule has 2 heterocycles. The predicted molar refractivity (Wildman–Crippen MR) is 145 cm³/mol. The number of halogens is 2. The molecule has 188 valence electrons. The van der Waals surface area contributed by atoms with E-state index in [9.17, 15) is 4.39 Å². The van der Waals surface area contributed by atoms with Crippen LogP contribution < -0.4 is 15.4 Å². The Kier molecular flexibility index (Phi) is 11.0. The highest BCUT2D eigenvalue weighted by Gasteiger charge is 2.14. The summed E-state index contributed by atoms with van der Waals surface area (Å²) in [5.41, 5.74) is 2.70. The van der Waals surface area contributed by atoms with E-state index in [1.165, 1.54) is 44.1 Å². The number of benzene rings is 1. The number of anilines is 2. The molecule has 35 heavy (non-hydrogen) atoms. The summed E-state index contributed by atoms with van der Waals surface area (Å²) in [6.07, 6.45) is 11.3. The van der Waals surface area contributed by atoms with Crippen LogP contribution in [0.25, 0.3) is 0 Å². The number of aryl methyl sites for hydroxylation is 3. The predicted octanol–water partition coefficient (Wildman–Crippen LogP) is 6.46. The van der Waals surface area contributed by atoms with Gasteiger partial charge in [-0.05, 0) is 88.0 Å². The highest BCUT2D eigenvalue weighted by Crippen LogP contribution is 2.29. The molecule has 0 saturated heterocycles. The third-order valence-corrected chi connectivity index (χ3v) is 7.01. The van der Waals surface area contributed by atoms with Crippen molar-refractivity contribution < 1.29 is 4.39 Å². The minimum Gasteiger partial charge on any atom is -0.351 e. The second-order valence-corrected chi connectivity index (χ2v) is 9.85. The van der Waals surface area contributed by atoms with Crippen LogP contribution in [0.1, 0.15) is 48.9 Å². The molecule has 0 atom stereocenters. The Labute approximate surface area is 217 Å². The Bertz CT molecular complexity index is 1060. The highest BCUT2D eigenvalue weighted by atomic mass is 35.5. The second-order valence-electron chi connectivity index (χ2n) is 8.59. The average molecular weight is 517 g/mol. The van der Waals surface area contributed by atoms with E-state index in [1.807, 2.05) is 51.6 Å². The first-order valence-electron chi connectivity index (χ1n) is 12.0. The first-order chi connectivity index (χ1) is 17.0. The van der Waals surface area contributed by atoms with E-state index >= 15 is 0 Å². The number of pyridine rings is 1. The standard InChI is InChI=1S/C24H27ClFN5S.C2H7N/c1-16-18(13-21(26)23(29-16)31-32-22-10-6-5-9-20(22)25)12-11-17-14-27-24(28-15-17)30-19-7-3-2-4-8-19;1-3-2/h5-6,9-10,13-15,19H,2-4,7-8,11-12H2,1H3,(H,29,31)(H,27,28,30);3H,1-2H3. The van der Waals surface area contributed by atoms with Crippen LogP contribution in [0.2, 0.25) is 5.02 Å². The van der Waals surface area contributed by atoms with Crippen LogP contribution in [0, 0.1) is 12.7 Å². The molecule has 4 rings (SSSR count). The van der Waals surface area contributed by atoms with Crippen LogP contribution in [0.4, 0.5) is 16.2 Å². The molecule has 1 aliphatic carbocycles. The fourth-order valence-electron chi connectivity index (χ4n) is 3.84. The molecule has 3 aromatic rings. The first kappa shape index (κ1) is 27.2. The van der Waals surface area contributed by atoms with Crippen molar-refractivity contribution in [3.05, 3.63) is 70.4 Å². The largest absolute Gasteiger partial charge is 0.351 e. The summed E-state index contributed by atoms with van der Waals surface area (Å²) in [6.45, 7) is 1.90. The summed E-state index contributed by atoms with van der Waals surface area (Å²) in [5.74, 6) is 0.516. The van der Waals surface area contributed by atoms with E-state index in [1.54, 1.807) is 12.1 Å². The average Bonchev–Trinajstić information content (AvgIpc) is 2.86. The maximum Gasteiger partial charge on any atom is 0.222 e. The van der Waals surface area contributed by atoms with Gasteiger partial charge in [0.05, 0.1) is 5.02 Å². The van der Waals surface area contributed by atoms with Crippen LogP contribution >= 0.6 is 23.5 Å². The molecule has 6 nitrogen and oxygen atoms in total. The van der Waals surface area contributed by atoms with Gasteiger partial charge in [0.15, 0.2) is 11.6 Å². The van der Waals surface area contributed by atoms with Crippen molar-refractivity contribution in [2.45, 2.75) is 62.8 Å². The fourth-order valence-corrected chi connectivity index (χ4v) is 4.75. The maximum atomic E-state index is 14.6. The van der Waals surface area contributed by atoms with Crippen molar-refractivity contribution in [2.75, 3.05) is 24.1 Å². The van der Waals surface area contributed by atoms with Gasteiger partial charge < -0.3 is 15.4 Å². The van der Waals surface area contributed by atoms with Crippen molar-refractivity contribution in [2.24, 2.45) is 0 Å². The Hall–Kier alpha value is -2.42. The van der Waals surface area contributed by atoms with E-state index in [-0.39, 0.29) is 11.6 Å². The quantitative estimate of drug-likeness (QED) is 0.297. The number of hydrogen-bond acceptors (Lipinski definition) is 7. The molecule has 0 spiro atoms. The minimum absolute atomic E-state index is 0.206. The first-order valence-corrected chi connectivity index (χ1v) is 13.2. The maximum absolute atomic E-state index is 14.6. The van der Waals surface area contributed by atoms with Gasteiger partial charge in [0.2, 0.25) is 5.95 Å². The van der Waals surface area contributed by atoms with E-state index in [0.717, 1.165) is 28.1 Å². The molecule has 0 unspecified atom stereocenters. The minimum atomic E-state index is -0.381. The molecule has 1 aliphatic rings. The van der Waals surface area contributed by atoms with Gasteiger partial charge in [0, 0.05) is 29.0 Å². The van der Waals surface area contributed by atoms with Crippen molar-refractivity contribution >= 4 is 35.3 Å². The highest BCUT2D eigenvalue weighted by molar-refractivity contribution is 8.00. The molecule has 1 saturated carbocycles. The van der Waals surface area contributed by atoms with Crippen molar-refractivity contribution in [1.29, 1.82) is 0 Å². The molecule has 1 fully saturated rings. The zero-order valence-corrected chi connectivity index (χ0v) is 22.1. The van der Waals surface area contributed by atoms with Gasteiger partial charge in [-0.1, -0.05) is 43.0 Å². The van der Waals surface area contributed by atoms with Gasteiger partial charge in [-0.3, -0.25) is 0 Å². The van der Waals surface area contributed by atoms with Gasteiger partial charge in [0.25, 0.3) is 0 Å². The van der Waals surface area contributed by atoms with Crippen LogP contribution in [0.3, 0.4) is 0 Å². The van der Waals surface area contributed by atoms with E-state index in [2.05, 4.69) is 30.3 Å². The van der Waals surface area contributed by atoms with E-state index in [4.69, 9.17) is 11.6 Å². The normalized spacial score (nSPS) is 13.6. The summed E-state index contributed by atoms with van der Waals surface area (Å²) in [7, 11) is 3.75. The molecule has 3 N–H and O–H groups in total. The molecular formula is C26H34ClFN6S. The third-order valence-electron chi connectivity index (χ3n) is 5.69. The number of hydrogen-bond donors (Lipinski definition) is 3. The van der Waals surface area contributed by atoms with Crippen LogP contribution in [-0.2, 0) is 12.8 Å². The van der Waals surface area contributed by atoms with Gasteiger partial charge in [-0.25, -0.2) is 19.3 Å². The van der Waals surface area contributed by atoms with Crippen LogP contribution in [-0.4, -0.2) is 35.1 Å². The van der Waals surface area contributed by atoms with Gasteiger partial charge >= 0.3 is 0 Å². The van der Waals surface area contributed by atoms with Crippen LogP contribution in [0.5, 0.6) is 0 Å². The third kappa shape index (κ3) is 8.63. The zero-order chi connectivity index (χ0) is 25.0. The summed E-state index contributed by atoms with van der Waals surface area (Å²) in [5, 5.41) is 6.79. The monoisotopic (exact) mass is 516 g/mol. The fraction of sp³-hybridized carbons (Fsp3) is 0.423. The smallest absolute Gasteiger partial charge is 0.222 e. The number of aromatic nitrogens is 3. The van der Waals surface area contributed by atoms with Gasteiger partial charge in [0.1, 0.15) is 0 Å². The lowest BCUT2D eigenvalue weighted by Gasteiger charge is -2.22. The molecule has 0 amide bonds. The molecule has 9 heteroatoms. The Morgan fingerprint density at radius 1 is 1.06 bits per heavy atom. The molecular weight excluding hydrogens is 483 g/mol. The zero-order valence-electron chi connectivity index (χ0n) is 20.6. The van der Waals surface area contributed by atoms with Crippen molar-refractivity contribution in [3.63, 3.8) is 0 Å². The van der Waals surface area contributed by atoms with Crippen LogP contribution in [0.15, 0.2) is 47.6 Å². The summed E-state index contributed by atoms with van der Waals surface area (Å²) < 4.78 is 17.6. The molecule has 0 aliphatic heterocycles. The lowest BCUT2D eigenvalue weighted by Crippen LogP contribution is -2.23. The molecule has 0 radical (unpaired) electrons. The molecule has 1 aromatic carbocycles. The summed E-state index contributed by atoms with van der Waals surface area (Å²) >= 11 is 7.40. The van der Waals surface area contributed by atoms with Crippen molar-refractivity contribution in [1.82, 2.24) is 20.3 Å². The molecule has 0 bridgehead atoms. The Morgan fingerprint density at radius 2 is 1.74 bits per heavy atom. The second kappa shape index (κ2) is 14.2. The Balaban J connectivity index is 0.00000108. The summed E-state index contributed by atoms with van der Waals surface area (Å²) in [4.78, 5) is 14.2. The molecule has 2 aromatic heterocycles. The topological polar surface area (TPSA) is 74.8 Å². The van der Waals surface area contributed by atoms with E-state index in [0.29, 0.717) is 23.4 Å². The summed E-state index contributed by atoms with van der Waals surface area (Å²) in [6, 6.07) is 9.45. The van der Waals surface area contributed by atoms with Crippen molar-refractivity contribution in [3.8, 4) is 0 Å². The SMILES string of the molecule is CNC.Cc1nc(NSc2ccccc2Cl)c(F)cc1CCc1cnc(NC2CCCCC2)nc1. The van der Waals surface area contributed by atoms with Gasteiger partial charge in [-0.2, -0.15) is 0 Å². The van der Waals surface area contributed by atoms with Gasteiger partial charge in [-0.15, -0.1) is 0 Å². The number of rotatable bonds is 8.